The average Bonchev–Trinajstić information content (AvgIpc) is 2.00. The second-order valence-corrected chi connectivity index (χ2v) is 6.02. The SMILES string of the molecule is CCCN(C)CC(C)C1(O)C[N+](C)(C)C1. The first-order valence-electron chi connectivity index (χ1n) is 6.02. The molecule has 0 aliphatic carbocycles. The van der Waals surface area contributed by atoms with Gasteiger partial charge in [0.1, 0.15) is 13.1 Å². The summed E-state index contributed by atoms with van der Waals surface area (Å²) in [5.74, 6) is 0.375. The fourth-order valence-corrected chi connectivity index (χ4v) is 2.86. The Bertz CT molecular complexity index is 208. The van der Waals surface area contributed by atoms with E-state index in [1.807, 2.05) is 0 Å². The van der Waals surface area contributed by atoms with Gasteiger partial charge in [-0.05, 0) is 20.0 Å². The predicted octanol–water partition coefficient (Wildman–Crippen LogP) is 0.785. The number of aliphatic hydroxyl groups is 1. The van der Waals surface area contributed by atoms with E-state index in [0.717, 1.165) is 30.7 Å². The van der Waals surface area contributed by atoms with Crippen molar-refractivity contribution in [3.63, 3.8) is 0 Å². The number of quaternary nitrogens is 1. The van der Waals surface area contributed by atoms with Gasteiger partial charge in [0.25, 0.3) is 0 Å². The lowest BCUT2D eigenvalue weighted by Crippen LogP contribution is -2.73. The van der Waals surface area contributed by atoms with Crippen LogP contribution in [0.5, 0.6) is 0 Å². The van der Waals surface area contributed by atoms with E-state index >= 15 is 0 Å². The highest BCUT2D eigenvalue weighted by Gasteiger charge is 2.53. The van der Waals surface area contributed by atoms with Crippen molar-refractivity contribution in [1.29, 1.82) is 0 Å². The molecule has 90 valence electrons. The van der Waals surface area contributed by atoms with Crippen molar-refractivity contribution in [3.05, 3.63) is 0 Å². The van der Waals surface area contributed by atoms with Crippen molar-refractivity contribution in [3.8, 4) is 0 Å². The third kappa shape index (κ3) is 3.16. The maximum atomic E-state index is 10.4. The van der Waals surface area contributed by atoms with Gasteiger partial charge in [-0.2, -0.15) is 0 Å². The van der Waals surface area contributed by atoms with Crippen LogP contribution in [0.3, 0.4) is 0 Å². The Morgan fingerprint density at radius 2 is 1.93 bits per heavy atom. The third-order valence-electron chi connectivity index (χ3n) is 3.51. The first-order chi connectivity index (χ1) is 6.79. The minimum Gasteiger partial charge on any atom is -0.378 e. The Morgan fingerprint density at radius 3 is 2.33 bits per heavy atom. The lowest BCUT2D eigenvalue weighted by atomic mass is 9.80. The Balaban J connectivity index is 2.38. The van der Waals surface area contributed by atoms with E-state index in [-0.39, 0.29) is 0 Å². The van der Waals surface area contributed by atoms with Gasteiger partial charge in [0, 0.05) is 12.5 Å². The lowest BCUT2D eigenvalue weighted by molar-refractivity contribution is -0.950. The molecule has 0 bridgehead atoms. The Labute approximate surface area is 94.3 Å². The van der Waals surface area contributed by atoms with Gasteiger partial charge in [0.15, 0.2) is 5.60 Å². The molecule has 0 amide bonds. The molecule has 1 heterocycles. The quantitative estimate of drug-likeness (QED) is 0.685. The fourth-order valence-electron chi connectivity index (χ4n) is 2.86. The summed E-state index contributed by atoms with van der Waals surface area (Å²) in [5, 5.41) is 10.4. The van der Waals surface area contributed by atoms with Crippen LogP contribution in [-0.2, 0) is 0 Å². The second-order valence-electron chi connectivity index (χ2n) is 6.02. The molecule has 1 saturated heterocycles. The molecule has 1 unspecified atom stereocenters. The summed E-state index contributed by atoms with van der Waals surface area (Å²) >= 11 is 0. The van der Waals surface area contributed by atoms with Crippen LogP contribution in [0, 0.1) is 5.92 Å². The molecule has 1 rings (SSSR count). The topological polar surface area (TPSA) is 23.5 Å². The largest absolute Gasteiger partial charge is 0.378 e. The second kappa shape index (κ2) is 4.40. The number of rotatable bonds is 5. The van der Waals surface area contributed by atoms with E-state index in [1.165, 1.54) is 6.42 Å². The summed E-state index contributed by atoms with van der Waals surface area (Å²) in [7, 11) is 6.50. The highest BCUT2D eigenvalue weighted by Crippen LogP contribution is 2.32. The molecule has 0 spiro atoms. The first kappa shape index (κ1) is 12.9. The molecule has 15 heavy (non-hydrogen) atoms. The molecule has 0 aromatic heterocycles. The van der Waals surface area contributed by atoms with Crippen LogP contribution in [0.4, 0.5) is 0 Å². The number of hydrogen-bond acceptors (Lipinski definition) is 2. The normalized spacial score (nSPS) is 25.0. The molecule has 0 saturated carbocycles. The summed E-state index contributed by atoms with van der Waals surface area (Å²) in [6.07, 6.45) is 1.18. The molecular weight excluding hydrogens is 188 g/mol. The van der Waals surface area contributed by atoms with E-state index in [2.05, 4.69) is 39.9 Å². The number of likely N-dealkylation sites (tertiary alicyclic amines) is 1. The van der Waals surface area contributed by atoms with Crippen LogP contribution in [0.15, 0.2) is 0 Å². The van der Waals surface area contributed by atoms with Gasteiger partial charge in [0.05, 0.1) is 14.1 Å². The molecule has 0 aromatic carbocycles. The minimum absolute atomic E-state index is 0.375. The van der Waals surface area contributed by atoms with Gasteiger partial charge in [-0.3, -0.25) is 0 Å². The van der Waals surface area contributed by atoms with Crippen molar-refractivity contribution in [2.45, 2.75) is 25.9 Å². The number of likely N-dealkylation sites (N-methyl/N-ethyl adjacent to an activating group) is 1. The lowest BCUT2D eigenvalue weighted by Gasteiger charge is -2.53. The maximum absolute atomic E-state index is 10.4. The number of hydrogen-bond donors (Lipinski definition) is 1. The molecule has 1 fully saturated rings. The van der Waals surface area contributed by atoms with Gasteiger partial charge >= 0.3 is 0 Å². The number of nitrogens with zero attached hydrogens (tertiary/aromatic N) is 2. The van der Waals surface area contributed by atoms with Crippen LogP contribution >= 0.6 is 0 Å². The van der Waals surface area contributed by atoms with Gasteiger partial charge in [-0.25, -0.2) is 0 Å². The zero-order valence-electron chi connectivity index (χ0n) is 11.0. The summed E-state index contributed by atoms with van der Waals surface area (Å²) < 4.78 is 0.957. The molecule has 3 nitrogen and oxygen atoms in total. The molecular formula is C12H27N2O+. The fraction of sp³-hybridized carbons (Fsp3) is 1.00. The van der Waals surface area contributed by atoms with Crippen LogP contribution < -0.4 is 0 Å². The van der Waals surface area contributed by atoms with Crippen LogP contribution in [0.2, 0.25) is 0 Å². The van der Waals surface area contributed by atoms with Gasteiger partial charge < -0.3 is 14.5 Å². The van der Waals surface area contributed by atoms with E-state index in [0.29, 0.717) is 5.92 Å². The Hall–Kier alpha value is -0.120. The summed E-state index contributed by atoms with van der Waals surface area (Å²) in [6.45, 7) is 8.29. The maximum Gasteiger partial charge on any atom is 0.166 e. The van der Waals surface area contributed by atoms with Crippen molar-refractivity contribution in [2.75, 3.05) is 47.3 Å². The highest BCUT2D eigenvalue weighted by atomic mass is 16.3. The van der Waals surface area contributed by atoms with Gasteiger partial charge in [-0.15, -0.1) is 0 Å². The van der Waals surface area contributed by atoms with Crippen molar-refractivity contribution < 1.29 is 9.59 Å². The van der Waals surface area contributed by atoms with Gasteiger partial charge in [0.2, 0.25) is 0 Å². The van der Waals surface area contributed by atoms with E-state index < -0.39 is 5.60 Å². The minimum atomic E-state index is -0.425. The zero-order valence-corrected chi connectivity index (χ0v) is 11.0. The van der Waals surface area contributed by atoms with E-state index in [9.17, 15) is 5.11 Å². The van der Waals surface area contributed by atoms with Crippen molar-refractivity contribution >= 4 is 0 Å². The molecule has 1 atom stereocenters. The van der Waals surface area contributed by atoms with Crippen molar-refractivity contribution in [1.82, 2.24) is 4.90 Å². The Morgan fingerprint density at radius 1 is 1.40 bits per heavy atom. The summed E-state index contributed by atoms with van der Waals surface area (Å²) in [5.41, 5.74) is -0.425. The predicted molar refractivity (Wildman–Crippen MR) is 63.7 cm³/mol. The zero-order chi connectivity index (χ0) is 11.7. The van der Waals surface area contributed by atoms with Crippen LogP contribution in [0.25, 0.3) is 0 Å². The molecule has 3 heteroatoms. The highest BCUT2D eigenvalue weighted by molar-refractivity contribution is 4.91. The van der Waals surface area contributed by atoms with E-state index in [1.54, 1.807) is 0 Å². The molecule has 1 N–H and O–H groups in total. The van der Waals surface area contributed by atoms with Crippen LogP contribution in [0.1, 0.15) is 20.3 Å². The molecule has 1 aliphatic heterocycles. The standard InChI is InChI=1S/C12H27N2O/c1-6-7-13(3)8-11(2)12(15)9-14(4,5)10-12/h11,15H,6-10H2,1-5H3/q+1. The van der Waals surface area contributed by atoms with Gasteiger partial charge in [-0.1, -0.05) is 13.8 Å². The Kier molecular flexibility index (Phi) is 3.80. The molecule has 0 radical (unpaired) electrons. The van der Waals surface area contributed by atoms with Crippen molar-refractivity contribution in [2.24, 2.45) is 5.92 Å². The first-order valence-corrected chi connectivity index (χ1v) is 6.02. The summed E-state index contributed by atoms with van der Waals surface area (Å²) in [4.78, 5) is 2.32. The summed E-state index contributed by atoms with van der Waals surface area (Å²) in [6, 6.07) is 0. The third-order valence-corrected chi connectivity index (χ3v) is 3.51. The molecule has 1 aliphatic rings. The monoisotopic (exact) mass is 215 g/mol. The average molecular weight is 215 g/mol. The smallest absolute Gasteiger partial charge is 0.166 e. The van der Waals surface area contributed by atoms with E-state index in [4.69, 9.17) is 0 Å². The molecule has 0 aromatic rings. The van der Waals surface area contributed by atoms with Crippen LogP contribution in [-0.4, -0.2) is 67.4 Å².